The zero-order valence-electron chi connectivity index (χ0n) is 3.08. The summed E-state index contributed by atoms with van der Waals surface area (Å²) < 4.78 is 26.1. The summed E-state index contributed by atoms with van der Waals surface area (Å²) in [6.45, 7) is 0. The van der Waals surface area contributed by atoms with Gasteiger partial charge in [-0.15, -0.1) is 12.4 Å². The maximum absolute atomic E-state index is 9.25. The van der Waals surface area contributed by atoms with Crippen LogP contribution in [0.3, 0.4) is 0 Å². The molecule has 0 saturated heterocycles. The van der Waals surface area contributed by atoms with Gasteiger partial charge in [0.15, 0.2) is 0 Å². The van der Waals surface area contributed by atoms with Crippen LogP contribution in [0.4, 0.5) is 0 Å². The largest absolute Gasteiger partial charge is 0.453 e. The van der Waals surface area contributed by atoms with Crippen LogP contribution in [-0.4, -0.2) is 28.1 Å². The molecule has 0 heterocycles. The Morgan fingerprint density at radius 3 is 1.50 bits per heavy atom. The van der Waals surface area contributed by atoms with E-state index in [1.54, 1.807) is 0 Å². The van der Waals surface area contributed by atoms with Crippen molar-refractivity contribution in [2.75, 3.05) is 0 Å². The molecule has 6 heteroatoms. The van der Waals surface area contributed by atoms with Crippen LogP contribution in [0.5, 0.6) is 0 Å². The number of halogens is 1. The minimum absolute atomic E-state index is 0. The third kappa shape index (κ3) is 123. The van der Waals surface area contributed by atoms with Gasteiger partial charge in [0.05, 0.1) is 0 Å². The maximum atomic E-state index is 9.25. The van der Waals surface area contributed by atoms with E-state index in [-0.39, 0.29) is 27.6 Å². The van der Waals surface area contributed by atoms with Crippen molar-refractivity contribution in [3.05, 3.63) is 0 Å². The Labute approximate surface area is 49.4 Å². The Bertz CT molecular complexity index is 94.0. The van der Waals surface area contributed by atoms with Gasteiger partial charge in [-0.3, -0.25) is 0 Å². The Morgan fingerprint density at radius 1 is 1.50 bits per heavy atom. The molecule has 38 valence electrons. The second-order valence-electron chi connectivity index (χ2n) is 0.733. The molecule has 0 aliphatic rings. The predicted molar refractivity (Wildman–Crippen MR) is 27.3 cm³/mol. The van der Waals surface area contributed by atoms with E-state index >= 15 is 0 Å². The minimum Gasteiger partial charge on any atom is -0.304 e. The highest BCUT2D eigenvalue weighted by molar-refractivity contribution is 8.07. The lowest BCUT2D eigenvalue weighted by Crippen LogP contribution is -1.91. The van der Waals surface area contributed by atoms with Gasteiger partial charge in [-0.1, -0.05) is 0 Å². The van der Waals surface area contributed by atoms with Crippen LogP contribution < -0.4 is 0 Å². The van der Waals surface area contributed by atoms with E-state index in [0.29, 0.717) is 0 Å². The van der Waals surface area contributed by atoms with Crippen molar-refractivity contribution >= 4 is 36.0 Å². The van der Waals surface area contributed by atoms with Crippen LogP contribution in [0.1, 0.15) is 0 Å². The molecule has 0 bridgehead atoms. The zero-order valence-corrected chi connectivity index (χ0v) is 6.71. The van der Waals surface area contributed by atoms with Crippen molar-refractivity contribution in [2.24, 2.45) is 0 Å². The van der Waals surface area contributed by atoms with Crippen molar-refractivity contribution in [3.63, 3.8) is 0 Å². The summed E-state index contributed by atoms with van der Waals surface area (Å²) in [5, 5.41) is 0. The van der Waals surface area contributed by atoms with Crippen LogP contribution in [0, 0.1) is 0 Å². The highest BCUT2D eigenvalue weighted by Gasteiger charge is 1.83. The van der Waals surface area contributed by atoms with Crippen LogP contribution >= 0.6 is 12.4 Å². The molecule has 0 rings (SSSR count). The second-order valence-corrected chi connectivity index (χ2v) is 5.29. The first kappa shape index (κ1) is 9.88. The van der Waals surface area contributed by atoms with E-state index < -0.39 is 8.48 Å². The Kier molecular flexibility index (Phi) is 4.66. The molecule has 0 aromatic rings. The molecule has 0 unspecified atom stereocenters. The summed E-state index contributed by atoms with van der Waals surface area (Å²) in [6.07, 6.45) is 0. The summed E-state index contributed by atoms with van der Waals surface area (Å²) in [7, 11) is -3.53. The average Bonchev–Trinajstić information content (AvgIpc) is 0.722. The fourth-order valence-electron chi connectivity index (χ4n) is 0. The normalized spacial score (nSPS) is 9.50. The highest BCUT2D eigenvalue weighted by atomic mass is 35.5. The molecule has 0 spiro atoms. The van der Waals surface area contributed by atoms with E-state index in [1.807, 2.05) is 0 Å². The summed E-state index contributed by atoms with van der Waals surface area (Å²) in [4.78, 5) is 0. The fourth-order valence-corrected chi connectivity index (χ4v) is 0. The number of rotatable bonds is 0. The molecule has 0 fully saturated rings. The molecule has 0 aliphatic carbocycles. The molecule has 0 aromatic carbocycles. The van der Waals surface area contributed by atoms with Crippen molar-refractivity contribution in [1.82, 2.24) is 0 Å². The lowest BCUT2D eigenvalue weighted by Gasteiger charge is -1.70. The fraction of sp³-hybridized carbons (Fsp3) is 0. The topological polar surface area (TPSA) is 54.4 Å². The van der Waals surface area contributed by atoms with Gasteiger partial charge in [0.1, 0.15) is 8.48 Å². The van der Waals surface area contributed by atoms with E-state index in [4.69, 9.17) is 4.55 Å². The summed E-state index contributed by atoms with van der Waals surface area (Å²) in [5.41, 5.74) is 0. The van der Waals surface area contributed by atoms with E-state index in [0.717, 1.165) is 0 Å². The molecule has 0 aromatic heterocycles. The molecule has 0 aliphatic heterocycles. The van der Waals surface area contributed by atoms with Gasteiger partial charge in [-0.2, -0.15) is 0 Å². The van der Waals surface area contributed by atoms with E-state index in [9.17, 15) is 8.42 Å². The lowest BCUT2D eigenvalue weighted by molar-refractivity contribution is 0.501. The quantitative estimate of drug-likeness (QED) is 0.347. The smallest absolute Gasteiger partial charge is 0.304 e. The monoisotopic (exact) mass is 146 g/mol. The molecule has 6 heavy (non-hydrogen) atoms. The van der Waals surface area contributed by atoms with Crippen LogP contribution in [-0.2, 0) is 8.48 Å². The first-order valence-electron chi connectivity index (χ1n) is 0.924. The molecule has 1 N–H and O–H groups in total. The third-order valence-electron chi connectivity index (χ3n) is 0. The van der Waals surface area contributed by atoms with Gasteiger partial charge in [0.2, 0.25) is 0 Å². The molecular formula is H4AlClO3S. The van der Waals surface area contributed by atoms with Crippen LogP contribution in [0.15, 0.2) is 0 Å². The predicted octanol–water partition coefficient (Wildman–Crippen LogP) is -1.16. The second kappa shape index (κ2) is 2.83. The Hall–Kier alpha value is 0.732. The van der Waals surface area contributed by atoms with E-state index in [2.05, 4.69) is 0 Å². The van der Waals surface area contributed by atoms with Gasteiger partial charge < -0.3 is 4.55 Å². The SMILES string of the molecule is Cl.O=[S](=O)(O)[AlH2]. The maximum Gasteiger partial charge on any atom is 0.453 e. The van der Waals surface area contributed by atoms with Gasteiger partial charge in [0, 0.05) is 0 Å². The molecule has 0 saturated carbocycles. The lowest BCUT2D eigenvalue weighted by atomic mass is 15.9. The van der Waals surface area contributed by atoms with Gasteiger partial charge in [0.25, 0.3) is 0 Å². The van der Waals surface area contributed by atoms with Crippen molar-refractivity contribution in [2.45, 2.75) is 0 Å². The van der Waals surface area contributed by atoms with Crippen LogP contribution in [0.25, 0.3) is 0 Å². The number of hydrogen-bond donors (Lipinski definition) is 1. The molecule has 0 radical (unpaired) electrons. The van der Waals surface area contributed by atoms with Crippen LogP contribution in [0.2, 0.25) is 0 Å². The first-order valence-corrected chi connectivity index (χ1v) is 5.22. The first-order chi connectivity index (χ1) is 2.00. The highest BCUT2D eigenvalue weighted by Crippen LogP contribution is 1.57. The minimum atomic E-state index is -3.53. The Morgan fingerprint density at radius 2 is 1.50 bits per heavy atom. The summed E-state index contributed by atoms with van der Waals surface area (Å²) in [5.74, 6) is 0. The van der Waals surface area contributed by atoms with E-state index in [1.165, 1.54) is 0 Å². The van der Waals surface area contributed by atoms with Gasteiger partial charge in [-0.05, 0) is 0 Å². The zero-order chi connectivity index (χ0) is 4.50. The third-order valence-corrected chi connectivity index (χ3v) is 0. The summed E-state index contributed by atoms with van der Waals surface area (Å²) in [6, 6.07) is 0. The van der Waals surface area contributed by atoms with Crippen molar-refractivity contribution in [1.29, 1.82) is 0 Å². The number of hydrogen-bond acceptors (Lipinski definition) is 2. The molecule has 0 atom stereocenters. The molecular weight excluding hydrogens is 142 g/mol. The summed E-state index contributed by atoms with van der Waals surface area (Å²) >= 11 is -0.164. The van der Waals surface area contributed by atoms with Gasteiger partial charge in [-0.25, -0.2) is 8.42 Å². The Balaban J connectivity index is 0. The molecule has 3 nitrogen and oxygen atoms in total. The van der Waals surface area contributed by atoms with Crippen molar-refractivity contribution < 1.29 is 13.0 Å². The standard InChI is InChI=1S/Al.ClH.HO3S.2H/c;;1-4(2)3;;/h;1H;(H,1,2,3);;. The molecule has 0 amide bonds. The average molecular weight is 147 g/mol. The van der Waals surface area contributed by atoms with Gasteiger partial charge >= 0.3 is 15.2 Å². The van der Waals surface area contributed by atoms with Crippen molar-refractivity contribution in [3.8, 4) is 0 Å².